The molecule has 4 nitrogen and oxygen atoms in total. The zero-order valence-corrected chi connectivity index (χ0v) is 9.57. The fourth-order valence-electron chi connectivity index (χ4n) is 0.901. The highest BCUT2D eigenvalue weighted by Crippen LogP contribution is 2.21. The molecule has 0 bridgehead atoms. The summed E-state index contributed by atoms with van der Waals surface area (Å²) < 4.78 is 0. The van der Waals surface area contributed by atoms with Gasteiger partial charge in [0, 0.05) is 12.2 Å². The molecule has 1 N–H and O–H groups in total. The van der Waals surface area contributed by atoms with Gasteiger partial charge < -0.3 is 5.32 Å². The molecule has 0 aliphatic rings. The smallest absolute Gasteiger partial charge is 0.224 e. The Kier molecular flexibility index (Phi) is 3.25. The van der Waals surface area contributed by atoms with Crippen molar-refractivity contribution >= 4 is 5.95 Å². The Hall–Kier alpha value is -1.63. The maximum absolute atomic E-state index is 8.69. The van der Waals surface area contributed by atoms with E-state index in [-0.39, 0.29) is 11.5 Å². The number of nitrogens with one attached hydrogen (secondary N) is 1. The molecule has 15 heavy (non-hydrogen) atoms. The summed E-state index contributed by atoms with van der Waals surface area (Å²) in [7, 11) is 0. The number of hydrogen-bond acceptors (Lipinski definition) is 4. The first-order valence-corrected chi connectivity index (χ1v) is 4.93. The average Bonchev–Trinajstić information content (AvgIpc) is 2.16. The van der Waals surface area contributed by atoms with Gasteiger partial charge in [-0.2, -0.15) is 5.26 Å². The van der Waals surface area contributed by atoms with Gasteiger partial charge in [0.05, 0.1) is 0 Å². The van der Waals surface area contributed by atoms with Gasteiger partial charge in [0.25, 0.3) is 0 Å². The summed E-state index contributed by atoms with van der Waals surface area (Å²) in [5.41, 5.74) is 0.514. The van der Waals surface area contributed by atoms with Crippen LogP contribution >= 0.6 is 0 Å². The Bertz CT molecular complexity index is 373. The highest BCUT2D eigenvalue weighted by Gasteiger charge is 2.20. The minimum Gasteiger partial charge on any atom is -0.351 e. The van der Waals surface area contributed by atoms with Crippen molar-refractivity contribution in [3.8, 4) is 6.07 Å². The van der Waals surface area contributed by atoms with E-state index in [1.54, 1.807) is 12.3 Å². The monoisotopic (exact) mass is 204 g/mol. The van der Waals surface area contributed by atoms with Crippen LogP contribution in [0.4, 0.5) is 5.95 Å². The Morgan fingerprint density at radius 2 is 2.13 bits per heavy atom. The van der Waals surface area contributed by atoms with Gasteiger partial charge in [0.1, 0.15) is 11.8 Å². The van der Waals surface area contributed by atoms with Crippen molar-refractivity contribution in [1.82, 2.24) is 9.97 Å². The van der Waals surface area contributed by atoms with E-state index in [0.29, 0.717) is 11.6 Å². The van der Waals surface area contributed by atoms with Crippen molar-refractivity contribution in [2.75, 3.05) is 5.32 Å². The van der Waals surface area contributed by atoms with E-state index in [0.717, 1.165) is 0 Å². The number of nitriles is 1. The van der Waals surface area contributed by atoms with E-state index in [1.807, 2.05) is 6.07 Å². The summed E-state index contributed by atoms with van der Waals surface area (Å²) in [6.45, 7) is 8.48. The maximum Gasteiger partial charge on any atom is 0.224 e. The Morgan fingerprint density at radius 3 is 2.67 bits per heavy atom. The van der Waals surface area contributed by atoms with Crippen molar-refractivity contribution in [3.63, 3.8) is 0 Å². The molecule has 0 saturated carbocycles. The molecule has 1 aromatic rings. The molecule has 0 fully saturated rings. The summed E-state index contributed by atoms with van der Waals surface area (Å²) in [5, 5.41) is 11.9. The maximum atomic E-state index is 8.69. The molecule has 1 aromatic heterocycles. The lowest BCUT2D eigenvalue weighted by atomic mass is 9.88. The van der Waals surface area contributed by atoms with Crippen LogP contribution in [0.5, 0.6) is 0 Å². The van der Waals surface area contributed by atoms with Crippen LogP contribution in [0.15, 0.2) is 12.3 Å². The first-order valence-electron chi connectivity index (χ1n) is 4.93. The molecule has 0 spiro atoms. The fourth-order valence-corrected chi connectivity index (χ4v) is 0.901. The second kappa shape index (κ2) is 4.26. The van der Waals surface area contributed by atoms with Crippen LogP contribution in [-0.2, 0) is 0 Å². The number of anilines is 1. The Balaban J connectivity index is 2.78. The second-order valence-electron chi connectivity index (χ2n) is 4.61. The molecule has 1 rings (SSSR count). The van der Waals surface area contributed by atoms with Gasteiger partial charge in [-0.1, -0.05) is 20.8 Å². The first kappa shape index (κ1) is 11.4. The fraction of sp³-hybridized carbons (Fsp3) is 0.545. The van der Waals surface area contributed by atoms with Gasteiger partial charge in [-0.05, 0) is 18.4 Å². The van der Waals surface area contributed by atoms with Crippen molar-refractivity contribution in [1.29, 1.82) is 5.26 Å². The normalized spacial score (nSPS) is 13.0. The van der Waals surface area contributed by atoms with Crippen LogP contribution in [-0.4, -0.2) is 16.0 Å². The minimum absolute atomic E-state index is 0.131. The molecule has 0 aliphatic heterocycles. The molecular weight excluding hydrogens is 188 g/mol. The zero-order valence-electron chi connectivity index (χ0n) is 9.57. The third-order valence-electron chi connectivity index (χ3n) is 2.41. The summed E-state index contributed by atoms with van der Waals surface area (Å²) in [5.74, 6) is 0.511. The van der Waals surface area contributed by atoms with Crippen LogP contribution in [0.1, 0.15) is 33.4 Å². The SMILES string of the molecule is CC(Nc1nccc(C#N)n1)C(C)(C)C. The van der Waals surface area contributed by atoms with Crippen molar-refractivity contribution < 1.29 is 0 Å². The van der Waals surface area contributed by atoms with Crippen LogP contribution < -0.4 is 5.32 Å². The predicted molar refractivity (Wildman–Crippen MR) is 59.3 cm³/mol. The van der Waals surface area contributed by atoms with Gasteiger partial charge in [0.2, 0.25) is 5.95 Å². The average molecular weight is 204 g/mol. The molecule has 0 saturated heterocycles. The van der Waals surface area contributed by atoms with Crippen LogP contribution in [0, 0.1) is 16.7 Å². The summed E-state index contributed by atoms with van der Waals surface area (Å²) in [4.78, 5) is 8.13. The van der Waals surface area contributed by atoms with Gasteiger partial charge >= 0.3 is 0 Å². The molecular formula is C11H16N4. The Morgan fingerprint density at radius 1 is 1.47 bits per heavy atom. The molecule has 80 valence electrons. The van der Waals surface area contributed by atoms with Crippen molar-refractivity contribution in [3.05, 3.63) is 18.0 Å². The zero-order chi connectivity index (χ0) is 11.5. The highest BCUT2D eigenvalue weighted by molar-refractivity contribution is 5.31. The molecule has 0 radical (unpaired) electrons. The van der Waals surface area contributed by atoms with E-state index in [2.05, 4.69) is 43.0 Å². The lowest BCUT2D eigenvalue weighted by Gasteiger charge is -2.27. The van der Waals surface area contributed by atoms with E-state index in [4.69, 9.17) is 5.26 Å². The first-order chi connectivity index (χ1) is 6.93. The van der Waals surface area contributed by atoms with Crippen molar-refractivity contribution in [2.24, 2.45) is 5.41 Å². The van der Waals surface area contributed by atoms with Crippen molar-refractivity contribution in [2.45, 2.75) is 33.7 Å². The van der Waals surface area contributed by atoms with Crippen LogP contribution in [0.3, 0.4) is 0 Å². The molecule has 0 aliphatic carbocycles. The van der Waals surface area contributed by atoms with E-state index >= 15 is 0 Å². The largest absolute Gasteiger partial charge is 0.351 e. The molecule has 1 atom stereocenters. The second-order valence-corrected chi connectivity index (χ2v) is 4.61. The molecule has 0 amide bonds. The molecule has 4 heteroatoms. The van der Waals surface area contributed by atoms with Gasteiger partial charge in [0.15, 0.2) is 0 Å². The topological polar surface area (TPSA) is 61.6 Å². The van der Waals surface area contributed by atoms with Gasteiger partial charge in [-0.3, -0.25) is 0 Å². The van der Waals surface area contributed by atoms with E-state index in [1.165, 1.54) is 0 Å². The standard InChI is InChI=1S/C11H16N4/c1-8(11(2,3)4)14-10-13-6-5-9(7-12)15-10/h5-6,8H,1-4H3,(H,13,14,15). The van der Waals surface area contributed by atoms with E-state index < -0.39 is 0 Å². The molecule has 1 heterocycles. The Labute approximate surface area is 90.4 Å². The lowest BCUT2D eigenvalue weighted by molar-refractivity contribution is 0.358. The lowest BCUT2D eigenvalue weighted by Crippen LogP contribution is -2.31. The quantitative estimate of drug-likeness (QED) is 0.802. The number of nitrogens with zero attached hydrogens (tertiary/aromatic N) is 3. The number of hydrogen-bond donors (Lipinski definition) is 1. The summed E-state index contributed by atoms with van der Waals surface area (Å²) >= 11 is 0. The molecule has 1 unspecified atom stereocenters. The predicted octanol–water partition coefficient (Wildman–Crippen LogP) is 2.19. The van der Waals surface area contributed by atoms with Crippen LogP contribution in [0.25, 0.3) is 0 Å². The summed E-state index contributed by atoms with van der Waals surface area (Å²) in [6, 6.07) is 3.82. The van der Waals surface area contributed by atoms with Crippen LogP contribution in [0.2, 0.25) is 0 Å². The molecule has 0 aromatic carbocycles. The number of aromatic nitrogens is 2. The number of rotatable bonds is 2. The highest BCUT2D eigenvalue weighted by atomic mass is 15.1. The van der Waals surface area contributed by atoms with Gasteiger partial charge in [-0.25, -0.2) is 9.97 Å². The van der Waals surface area contributed by atoms with Gasteiger partial charge in [-0.15, -0.1) is 0 Å². The summed E-state index contributed by atoms with van der Waals surface area (Å²) in [6.07, 6.45) is 1.59. The van der Waals surface area contributed by atoms with E-state index in [9.17, 15) is 0 Å². The minimum atomic E-state index is 0.131. The third-order valence-corrected chi connectivity index (χ3v) is 2.41. The third kappa shape index (κ3) is 3.21.